The van der Waals surface area contributed by atoms with Crippen molar-refractivity contribution in [3.05, 3.63) is 35.6 Å². The molecular formula is C10H6BrN5S. The summed E-state index contributed by atoms with van der Waals surface area (Å²) in [7, 11) is 0. The number of aromatic nitrogens is 5. The Hall–Kier alpha value is -1.47. The highest BCUT2D eigenvalue weighted by molar-refractivity contribution is 9.10. The maximum atomic E-state index is 4.25. The predicted octanol–water partition coefficient (Wildman–Crippen LogP) is 2.66. The summed E-state index contributed by atoms with van der Waals surface area (Å²) < 4.78 is 0.941. The topological polar surface area (TPSA) is 67.3 Å². The fourth-order valence-corrected chi connectivity index (χ4v) is 2.70. The molecule has 0 amide bonds. The smallest absolute Gasteiger partial charge is 0.181 e. The van der Waals surface area contributed by atoms with Gasteiger partial charge in [0.2, 0.25) is 0 Å². The van der Waals surface area contributed by atoms with Crippen molar-refractivity contribution < 1.29 is 0 Å². The third kappa shape index (κ3) is 2.03. The van der Waals surface area contributed by atoms with E-state index in [1.165, 1.54) is 18.1 Å². The molecule has 0 aliphatic heterocycles. The molecule has 0 aliphatic carbocycles. The summed E-state index contributed by atoms with van der Waals surface area (Å²) in [5, 5.41) is 0.847. The van der Waals surface area contributed by atoms with Crippen molar-refractivity contribution in [2.24, 2.45) is 0 Å². The summed E-state index contributed by atoms with van der Waals surface area (Å²) in [4.78, 5) is 20.5. The zero-order valence-corrected chi connectivity index (χ0v) is 10.9. The highest BCUT2D eigenvalue weighted by atomic mass is 79.9. The second-order valence-corrected chi connectivity index (χ2v) is 5.07. The van der Waals surface area contributed by atoms with Crippen LogP contribution in [0.1, 0.15) is 0 Å². The number of aromatic amines is 1. The third-order valence-corrected chi connectivity index (χ3v) is 4.10. The molecule has 3 heterocycles. The summed E-state index contributed by atoms with van der Waals surface area (Å²) >= 11 is 5.00. The fourth-order valence-electron chi connectivity index (χ4n) is 1.37. The molecule has 7 heteroatoms. The quantitative estimate of drug-likeness (QED) is 0.737. The summed E-state index contributed by atoms with van der Waals surface area (Å²) in [6.07, 6.45) is 6.64. The lowest BCUT2D eigenvalue weighted by Gasteiger charge is -2.02. The Morgan fingerprint density at radius 1 is 1.24 bits per heavy atom. The molecule has 84 valence electrons. The van der Waals surface area contributed by atoms with Crippen molar-refractivity contribution in [2.45, 2.75) is 9.92 Å². The molecule has 0 radical (unpaired) electrons. The number of imidazole rings is 1. The van der Waals surface area contributed by atoms with Crippen molar-refractivity contribution in [1.29, 1.82) is 0 Å². The van der Waals surface area contributed by atoms with Gasteiger partial charge in [-0.3, -0.25) is 4.98 Å². The van der Waals surface area contributed by atoms with E-state index in [1.807, 2.05) is 6.07 Å². The summed E-state index contributed by atoms with van der Waals surface area (Å²) in [6, 6.07) is 1.93. The molecule has 0 saturated heterocycles. The fraction of sp³-hybridized carbons (Fsp3) is 0. The van der Waals surface area contributed by atoms with Gasteiger partial charge in [0.05, 0.1) is 6.33 Å². The van der Waals surface area contributed by atoms with Crippen molar-refractivity contribution in [3.8, 4) is 0 Å². The maximum Gasteiger partial charge on any atom is 0.181 e. The van der Waals surface area contributed by atoms with E-state index in [9.17, 15) is 0 Å². The van der Waals surface area contributed by atoms with E-state index in [-0.39, 0.29) is 0 Å². The van der Waals surface area contributed by atoms with E-state index >= 15 is 0 Å². The van der Waals surface area contributed by atoms with Crippen LogP contribution >= 0.6 is 27.7 Å². The molecule has 3 aromatic heterocycles. The average Bonchev–Trinajstić information content (AvgIpc) is 2.81. The number of H-pyrrole nitrogens is 1. The predicted molar refractivity (Wildman–Crippen MR) is 67.7 cm³/mol. The Kier molecular flexibility index (Phi) is 2.77. The lowest BCUT2D eigenvalue weighted by Crippen LogP contribution is -1.86. The number of pyridine rings is 1. The van der Waals surface area contributed by atoms with Crippen molar-refractivity contribution in [2.75, 3.05) is 0 Å². The van der Waals surface area contributed by atoms with Crippen LogP contribution in [0, 0.1) is 0 Å². The molecule has 0 fully saturated rings. The van der Waals surface area contributed by atoms with Gasteiger partial charge in [0.25, 0.3) is 0 Å². The minimum Gasteiger partial charge on any atom is -0.341 e. The normalized spacial score (nSPS) is 10.9. The molecule has 0 unspecified atom stereocenters. The van der Waals surface area contributed by atoms with Crippen molar-refractivity contribution in [3.63, 3.8) is 0 Å². The monoisotopic (exact) mass is 307 g/mol. The summed E-state index contributed by atoms with van der Waals surface area (Å²) in [5.41, 5.74) is 1.52. The van der Waals surface area contributed by atoms with Gasteiger partial charge in [-0.2, -0.15) is 0 Å². The highest BCUT2D eigenvalue weighted by Crippen LogP contribution is 2.33. The Morgan fingerprint density at radius 3 is 3.06 bits per heavy atom. The molecule has 0 saturated carbocycles. The van der Waals surface area contributed by atoms with Gasteiger partial charge < -0.3 is 4.98 Å². The standard InChI is InChI=1S/C10H6BrN5S/c11-6-3-12-2-1-7(6)17-10-8-9(14-4-13-8)15-5-16-10/h1-5H,(H,13,14,15,16). The summed E-state index contributed by atoms with van der Waals surface area (Å²) in [6.45, 7) is 0. The van der Waals surface area contributed by atoms with Crippen LogP contribution in [0.2, 0.25) is 0 Å². The van der Waals surface area contributed by atoms with E-state index in [4.69, 9.17) is 0 Å². The van der Waals surface area contributed by atoms with Crippen LogP contribution in [0.15, 0.2) is 45.5 Å². The number of nitrogens with zero attached hydrogens (tertiary/aromatic N) is 4. The van der Waals surface area contributed by atoms with Gasteiger partial charge in [-0.25, -0.2) is 15.0 Å². The van der Waals surface area contributed by atoms with E-state index in [1.54, 1.807) is 18.7 Å². The first kappa shape index (κ1) is 10.7. The van der Waals surface area contributed by atoms with Crippen molar-refractivity contribution >= 4 is 38.9 Å². The second kappa shape index (κ2) is 4.42. The molecule has 0 bridgehead atoms. The lowest BCUT2D eigenvalue weighted by molar-refractivity contribution is 1.08. The molecule has 0 aromatic carbocycles. The Balaban J connectivity index is 2.06. The van der Waals surface area contributed by atoms with Crippen LogP contribution in [0.5, 0.6) is 0 Å². The van der Waals surface area contributed by atoms with Gasteiger partial charge >= 0.3 is 0 Å². The number of fused-ring (bicyclic) bond motifs is 1. The van der Waals surface area contributed by atoms with Gasteiger partial charge in [-0.05, 0) is 22.0 Å². The number of hydrogen-bond acceptors (Lipinski definition) is 5. The third-order valence-electron chi connectivity index (χ3n) is 2.13. The molecule has 0 aliphatic rings. The van der Waals surface area contributed by atoms with Crippen LogP contribution in [0.3, 0.4) is 0 Å². The van der Waals surface area contributed by atoms with Crippen LogP contribution < -0.4 is 0 Å². The van der Waals surface area contributed by atoms with E-state index in [2.05, 4.69) is 40.8 Å². The molecule has 1 N–H and O–H groups in total. The first-order chi connectivity index (χ1) is 8.34. The van der Waals surface area contributed by atoms with Gasteiger partial charge in [-0.1, -0.05) is 11.8 Å². The van der Waals surface area contributed by atoms with Crippen molar-refractivity contribution in [1.82, 2.24) is 24.9 Å². The Labute approximate surface area is 109 Å². The Morgan fingerprint density at radius 2 is 2.18 bits per heavy atom. The van der Waals surface area contributed by atoms with Crippen LogP contribution in [0.25, 0.3) is 11.2 Å². The molecule has 0 spiro atoms. The first-order valence-corrected chi connectivity index (χ1v) is 6.37. The zero-order valence-electron chi connectivity index (χ0n) is 8.46. The number of halogens is 1. The number of nitrogens with one attached hydrogen (secondary N) is 1. The molecule has 17 heavy (non-hydrogen) atoms. The number of rotatable bonds is 2. The molecule has 5 nitrogen and oxygen atoms in total. The average molecular weight is 308 g/mol. The number of hydrogen-bond donors (Lipinski definition) is 1. The summed E-state index contributed by atoms with van der Waals surface area (Å²) in [5.74, 6) is 0. The SMILES string of the molecule is Brc1cnccc1Sc1ncnc2nc[nH]c12. The largest absolute Gasteiger partial charge is 0.341 e. The molecule has 3 aromatic rings. The van der Waals surface area contributed by atoms with Gasteiger partial charge in [0.15, 0.2) is 5.65 Å². The first-order valence-electron chi connectivity index (χ1n) is 4.76. The van der Waals surface area contributed by atoms with Crippen LogP contribution in [-0.2, 0) is 0 Å². The molecule has 3 rings (SSSR count). The highest BCUT2D eigenvalue weighted by Gasteiger charge is 2.09. The molecular weight excluding hydrogens is 302 g/mol. The van der Waals surface area contributed by atoms with Gasteiger partial charge in [-0.15, -0.1) is 0 Å². The molecule has 0 atom stereocenters. The Bertz CT molecular complexity index is 668. The van der Waals surface area contributed by atoms with Gasteiger partial charge in [0, 0.05) is 21.8 Å². The lowest BCUT2D eigenvalue weighted by atomic mass is 10.5. The minimum absolute atomic E-state index is 0.674. The van der Waals surface area contributed by atoms with Crippen LogP contribution in [-0.4, -0.2) is 24.9 Å². The minimum atomic E-state index is 0.674. The van der Waals surface area contributed by atoms with Crippen LogP contribution in [0.4, 0.5) is 0 Å². The second-order valence-electron chi connectivity index (χ2n) is 3.19. The van der Waals surface area contributed by atoms with Gasteiger partial charge in [0.1, 0.15) is 16.9 Å². The van der Waals surface area contributed by atoms with E-state index < -0.39 is 0 Å². The van der Waals surface area contributed by atoms with E-state index in [0.717, 1.165) is 19.9 Å². The maximum absolute atomic E-state index is 4.25. The van der Waals surface area contributed by atoms with E-state index in [0.29, 0.717) is 5.65 Å². The zero-order chi connectivity index (χ0) is 11.7.